The van der Waals surface area contributed by atoms with Crippen molar-refractivity contribution in [2.45, 2.75) is 19.4 Å². The summed E-state index contributed by atoms with van der Waals surface area (Å²) in [6, 6.07) is 3.73. The number of nitro groups is 1. The van der Waals surface area contributed by atoms with Gasteiger partial charge in [-0.05, 0) is 18.6 Å². The average Bonchev–Trinajstić information content (AvgIpc) is 2.29. The van der Waals surface area contributed by atoms with Crippen molar-refractivity contribution in [2.75, 3.05) is 5.32 Å². The maximum absolute atomic E-state index is 11.5. The molecule has 0 unspecified atom stereocenters. The second kappa shape index (κ2) is 5.74. The fourth-order valence-electron chi connectivity index (χ4n) is 1.17. The fraction of sp³-hybridized carbons (Fsp3) is 0.300. The smallest absolute Gasteiger partial charge is 0.293 e. The quantitative estimate of drug-likeness (QED) is 0.656. The van der Waals surface area contributed by atoms with Gasteiger partial charge in [-0.2, -0.15) is 0 Å². The minimum atomic E-state index is -0.668. The van der Waals surface area contributed by atoms with Gasteiger partial charge < -0.3 is 11.1 Å². The maximum Gasteiger partial charge on any atom is 0.293 e. The molecule has 1 amide bonds. The molecular weight excluding hydrogens is 290 g/mol. The van der Waals surface area contributed by atoms with Gasteiger partial charge in [-0.1, -0.05) is 22.9 Å². The molecule has 0 fully saturated rings. The molecule has 0 saturated carbocycles. The first kappa shape index (κ1) is 13.6. The van der Waals surface area contributed by atoms with Gasteiger partial charge in [0.1, 0.15) is 5.69 Å². The highest BCUT2D eigenvalue weighted by Gasteiger charge is 2.18. The molecule has 92 valence electrons. The van der Waals surface area contributed by atoms with Crippen LogP contribution in [0.15, 0.2) is 22.7 Å². The van der Waals surface area contributed by atoms with E-state index >= 15 is 0 Å². The van der Waals surface area contributed by atoms with E-state index in [0.29, 0.717) is 10.9 Å². The van der Waals surface area contributed by atoms with Crippen molar-refractivity contribution in [3.63, 3.8) is 0 Å². The number of carbonyl (C=O) groups is 1. The SMILES string of the molecule is CC[C@@H](N)C(=O)Nc1ccc(Br)cc1[N+](=O)[O-]. The lowest BCUT2D eigenvalue weighted by Gasteiger charge is -2.10. The Balaban J connectivity index is 2.98. The zero-order valence-corrected chi connectivity index (χ0v) is 10.7. The topological polar surface area (TPSA) is 98.3 Å². The lowest BCUT2D eigenvalue weighted by Crippen LogP contribution is -2.34. The van der Waals surface area contributed by atoms with Gasteiger partial charge >= 0.3 is 0 Å². The van der Waals surface area contributed by atoms with Gasteiger partial charge in [-0.3, -0.25) is 14.9 Å². The van der Waals surface area contributed by atoms with E-state index in [9.17, 15) is 14.9 Å². The summed E-state index contributed by atoms with van der Waals surface area (Å²) in [4.78, 5) is 21.8. The average molecular weight is 302 g/mol. The number of hydrogen-bond donors (Lipinski definition) is 2. The Morgan fingerprint density at radius 1 is 1.65 bits per heavy atom. The van der Waals surface area contributed by atoms with Crippen LogP contribution in [0.5, 0.6) is 0 Å². The minimum absolute atomic E-state index is 0.145. The van der Waals surface area contributed by atoms with Gasteiger partial charge in [0.05, 0.1) is 11.0 Å². The number of halogens is 1. The van der Waals surface area contributed by atoms with E-state index < -0.39 is 16.9 Å². The number of rotatable bonds is 4. The van der Waals surface area contributed by atoms with Crippen LogP contribution >= 0.6 is 15.9 Å². The third-order valence-electron chi connectivity index (χ3n) is 2.19. The Morgan fingerprint density at radius 2 is 2.29 bits per heavy atom. The summed E-state index contributed by atoms with van der Waals surface area (Å²) < 4.78 is 0.571. The monoisotopic (exact) mass is 301 g/mol. The number of carbonyl (C=O) groups excluding carboxylic acids is 1. The number of benzene rings is 1. The summed E-state index contributed by atoms with van der Waals surface area (Å²) in [7, 11) is 0. The van der Waals surface area contributed by atoms with Gasteiger partial charge in [-0.15, -0.1) is 0 Å². The zero-order valence-electron chi connectivity index (χ0n) is 9.14. The van der Waals surface area contributed by atoms with Gasteiger partial charge in [-0.25, -0.2) is 0 Å². The van der Waals surface area contributed by atoms with E-state index in [1.54, 1.807) is 13.0 Å². The predicted molar refractivity (Wildman–Crippen MR) is 67.7 cm³/mol. The molecule has 0 heterocycles. The summed E-state index contributed by atoms with van der Waals surface area (Å²) in [5.74, 6) is -0.432. The van der Waals surface area contributed by atoms with E-state index in [2.05, 4.69) is 21.2 Å². The molecular formula is C10H12BrN3O3. The van der Waals surface area contributed by atoms with Crippen LogP contribution in [0.3, 0.4) is 0 Å². The molecule has 3 N–H and O–H groups in total. The molecule has 7 heteroatoms. The van der Waals surface area contributed by atoms with E-state index in [1.807, 2.05) is 0 Å². The number of amides is 1. The zero-order chi connectivity index (χ0) is 13.0. The molecule has 1 aromatic carbocycles. The lowest BCUT2D eigenvalue weighted by atomic mass is 10.2. The van der Waals surface area contributed by atoms with E-state index in [4.69, 9.17) is 5.73 Å². The van der Waals surface area contributed by atoms with Crippen molar-refractivity contribution in [2.24, 2.45) is 5.73 Å². The predicted octanol–water partition coefficient (Wildman–Crippen LogP) is 2.03. The molecule has 1 aromatic rings. The normalized spacial score (nSPS) is 11.9. The first-order valence-corrected chi connectivity index (χ1v) is 5.75. The fourth-order valence-corrected chi connectivity index (χ4v) is 1.52. The Bertz CT molecular complexity index is 450. The molecule has 0 aliphatic heterocycles. The van der Waals surface area contributed by atoms with Crippen LogP contribution < -0.4 is 11.1 Å². The lowest BCUT2D eigenvalue weighted by molar-refractivity contribution is -0.384. The third-order valence-corrected chi connectivity index (χ3v) is 2.68. The highest BCUT2D eigenvalue weighted by atomic mass is 79.9. The summed E-state index contributed by atoms with van der Waals surface area (Å²) in [5.41, 5.74) is 5.50. The Kier molecular flexibility index (Phi) is 4.59. The second-order valence-corrected chi connectivity index (χ2v) is 4.34. The molecule has 6 nitrogen and oxygen atoms in total. The van der Waals surface area contributed by atoms with Crippen LogP contribution in [0, 0.1) is 10.1 Å². The number of nitrogens with one attached hydrogen (secondary N) is 1. The van der Waals surface area contributed by atoms with Crippen LogP contribution in [0.2, 0.25) is 0 Å². The molecule has 0 radical (unpaired) electrons. The highest BCUT2D eigenvalue weighted by Crippen LogP contribution is 2.27. The van der Waals surface area contributed by atoms with Gasteiger partial charge in [0.2, 0.25) is 5.91 Å². The first-order chi connectivity index (χ1) is 7.95. The van der Waals surface area contributed by atoms with E-state index in [1.165, 1.54) is 12.1 Å². The van der Waals surface area contributed by atoms with Crippen LogP contribution in [0.1, 0.15) is 13.3 Å². The Morgan fingerprint density at radius 3 is 2.82 bits per heavy atom. The molecule has 0 aliphatic rings. The van der Waals surface area contributed by atoms with Crippen molar-refractivity contribution in [1.82, 2.24) is 0 Å². The third kappa shape index (κ3) is 3.50. The molecule has 0 bridgehead atoms. The van der Waals surface area contributed by atoms with Crippen molar-refractivity contribution >= 4 is 33.2 Å². The first-order valence-electron chi connectivity index (χ1n) is 4.96. The molecule has 1 atom stereocenters. The van der Waals surface area contributed by atoms with Gasteiger partial charge in [0, 0.05) is 10.5 Å². The number of nitrogens with two attached hydrogens (primary N) is 1. The summed E-state index contributed by atoms with van der Waals surface area (Å²) in [6.07, 6.45) is 0.468. The molecule has 0 saturated heterocycles. The van der Waals surface area contributed by atoms with Gasteiger partial charge in [0.25, 0.3) is 5.69 Å². The molecule has 17 heavy (non-hydrogen) atoms. The van der Waals surface area contributed by atoms with Crippen LogP contribution in [0.25, 0.3) is 0 Å². The summed E-state index contributed by atoms with van der Waals surface area (Å²) in [6.45, 7) is 1.76. The van der Waals surface area contributed by atoms with Crippen LogP contribution in [0.4, 0.5) is 11.4 Å². The Hall–Kier alpha value is -1.47. The number of hydrogen-bond acceptors (Lipinski definition) is 4. The maximum atomic E-state index is 11.5. The van der Waals surface area contributed by atoms with Crippen LogP contribution in [-0.2, 0) is 4.79 Å². The Labute approximate surface area is 106 Å². The van der Waals surface area contributed by atoms with Gasteiger partial charge in [0.15, 0.2) is 0 Å². The molecule has 0 spiro atoms. The molecule has 1 rings (SSSR count). The standard InChI is InChI=1S/C10H12BrN3O3/c1-2-7(12)10(15)13-8-4-3-6(11)5-9(8)14(16)17/h3-5,7H,2,12H2,1H3,(H,13,15)/t7-/m1/s1. The van der Waals surface area contributed by atoms with E-state index in [-0.39, 0.29) is 11.4 Å². The number of nitrogens with zero attached hydrogens (tertiary/aromatic N) is 1. The summed E-state index contributed by atoms with van der Waals surface area (Å²) in [5, 5.41) is 13.2. The van der Waals surface area contributed by atoms with Crippen molar-refractivity contribution in [1.29, 1.82) is 0 Å². The molecule has 0 aromatic heterocycles. The van der Waals surface area contributed by atoms with Crippen molar-refractivity contribution < 1.29 is 9.72 Å². The summed E-state index contributed by atoms with van der Waals surface area (Å²) >= 11 is 3.13. The number of nitro benzene ring substituents is 1. The molecule has 0 aliphatic carbocycles. The second-order valence-electron chi connectivity index (χ2n) is 3.42. The minimum Gasteiger partial charge on any atom is -0.320 e. The van der Waals surface area contributed by atoms with Crippen molar-refractivity contribution in [3.8, 4) is 0 Å². The van der Waals surface area contributed by atoms with E-state index in [0.717, 1.165) is 0 Å². The largest absolute Gasteiger partial charge is 0.320 e. The highest BCUT2D eigenvalue weighted by molar-refractivity contribution is 9.10. The number of anilines is 1. The van der Waals surface area contributed by atoms with Crippen LogP contribution in [-0.4, -0.2) is 16.9 Å². The van der Waals surface area contributed by atoms with Crippen molar-refractivity contribution in [3.05, 3.63) is 32.8 Å².